The van der Waals surface area contributed by atoms with E-state index in [9.17, 15) is 4.79 Å². The van der Waals surface area contributed by atoms with Gasteiger partial charge in [-0.25, -0.2) is 4.98 Å². The van der Waals surface area contributed by atoms with E-state index in [-0.39, 0.29) is 16.1 Å². The SMILES string of the molecule is CCOc1cc2[nH]c(-c3c(Cl)c4nn(C)cc4n(Cc4ccc(OC)cc4)c3=O)nc2cc1OC. The number of aryl methyl sites for hydroxylation is 1. The van der Waals surface area contributed by atoms with Gasteiger partial charge in [-0.1, -0.05) is 23.7 Å². The van der Waals surface area contributed by atoms with Crippen molar-refractivity contribution in [2.45, 2.75) is 13.5 Å². The molecule has 0 spiro atoms. The monoisotopic (exact) mass is 493 g/mol. The number of aromatic nitrogens is 5. The molecule has 1 N–H and O–H groups in total. The van der Waals surface area contributed by atoms with Crippen LogP contribution >= 0.6 is 11.6 Å². The van der Waals surface area contributed by atoms with Gasteiger partial charge in [0.1, 0.15) is 22.7 Å². The highest BCUT2D eigenvalue weighted by Gasteiger charge is 2.23. The van der Waals surface area contributed by atoms with Gasteiger partial charge in [-0.3, -0.25) is 9.48 Å². The number of H-pyrrole nitrogens is 1. The second-order valence-corrected chi connectivity index (χ2v) is 8.38. The molecule has 0 bridgehead atoms. The number of fused-ring (bicyclic) bond motifs is 2. The Morgan fingerprint density at radius 1 is 1.09 bits per heavy atom. The molecular weight excluding hydrogens is 470 g/mol. The molecule has 0 aliphatic carbocycles. The summed E-state index contributed by atoms with van der Waals surface area (Å²) in [7, 11) is 4.98. The van der Waals surface area contributed by atoms with Crippen molar-refractivity contribution in [1.29, 1.82) is 0 Å². The van der Waals surface area contributed by atoms with Crippen molar-refractivity contribution in [3.05, 3.63) is 63.5 Å². The zero-order valence-corrected chi connectivity index (χ0v) is 20.5. The van der Waals surface area contributed by atoms with Crippen LogP contribution in [0.1, 0.15) is 12.5 Å². The number of nitrogens with zero attached hydrogens (tertiary/aromatic N) is 4. The lowest BCUT2D eigenvalue weighted by molar-refractivity contribution is 0.311. The number of rotatable bonds is 7. The molecule has 0 saturated heterocycles. The molecule has 5 rings (SSSR count). The van der Waals surface area contributed by atoms with Crippen molar-refractivity contribution in [3.63, 3.8) is 0 Å². The summed E-state index contributed by atoms with van der Waals surface area (Å²) in [5.74, 6) is 2.23. The Kier molecular flexibility index (Phi) is 5.86. The molecule has 5 aromatic rings. The molecule has 0 fully saturated rings. The van der Waals surface area contributed by atoms with Crippen LogP contribution < -0.4 is 19.8 Å². The average molecular weight is 494 g/mol. The first-order chi connectivity index (χ1) is 16.9. The summed E-state index contributed by atoms with van der Waals surface area (Å²) in [4.78, 5) is 21.7. The van der Waals surface area contributed by atoms with Gasteiger partial charge >= 0.3 is 0 Å². The molecule has 3 aromatic heterocycles. The molecule has 0 unspecified atom stereocenters. The predicted molar refractivity (Wildman–Crippen MR) is 135 cm³/mol. The smallest absolute Gasteiger partial charge is 0.264 e. The second-order valence-electron chi connectivity index (χ2n) is 8.00. The third kappa shape index (κ3) is 3.97. The van der Waals surface area contributed by atoms with Gasteiger partial charge in [-0.15, -0.1) is 0 Å². The molecule has 0 aliphatic heterocycles. The van der Waals surface area contributed by atoms with E-state index in [1.807, 2.05) is 31.2 Å². The number of ether oxygens (including phenoxy) is 3. The van der Waals surface area contributed by atoms with E-state index < -0.39 is 0 Å². The molecule has 9 nitrogen and oxygen atoms in total. The largest absolute Gasteiger partial charge is 0.497 e. The number of halogens is 1. The molecule has 10 heteroatoms. The first-order valence-corrected chi connectivity index (χ1v) is 11.4. The minimum absolute atomic E-state index is 0.243. The normalized spacial score (nSPS) is 11.3. The lowest BCUT2D eigenvalue weighted by Gasteiger charge is -2.11. The Bertz CT molecular complexity index is 1600. The summed E-state index contributed by atoms with van der Waals surface area (Å²) < 4.78 is 19.7. The van der Waals surface area contributed by atoms with E-state index >= 15 is 0 Å². The van der Waals surface area contributed by atoms with Crippen molar-refractivity contribution >= 4 is 33.7 Å². The molecule has 35 heavy (non-hydrogen) atoms. The number of imidazole rings is 1. The Morgan fingerprint density at radius 2 is 1.86 bits per heavy atom. The fourth-order valence-corrected chi connectivity index (χ4v) is 4.43. The number of nitrogens with one attached hydrogen (secondary N) is 1. The van der Waals surface area contributed by atoms with Gasteiger partial charge in [0.2, 0.25) is 0 Å². The lowest BCUT2D eigenvalue weighted by Crippen LogP contribution is -2.23. The van der Waals surface area contributed by atoms with Crippen LogP contribution in [0.25, 0.3) is 33.5 Å². The molecule has 0 saturated carbocycles. The van der Waals surface area contributed by atoms with Crippen LogP contribution in [0, 0.1) is 0 Å². The van der Waals surface area contributed by atoms with Gasteiger partial charge in [-0.05, 0) is 24.6 Å². The second kappa shape index (κ2) is 8.99. The van der Waals surface area contributed by atoms with E-state index in [1.54, 1.807) is 48.8 Å². The van der Waals surface area contributed by atoms with Crippen LogP contribution in [0.15, 0.2) is 47.4 Å². The Balaban J connectivity index is 1.70. The van der Waals surface area contributed by atoms with Gasteiger partial charge in [0.25, 0.3) is 5.56 Å². The van der Waals surface area contributed by atoms with Crippen molar-refractivity contribution in [1.82, 2.24) is 24.3 Å². The van der Waals surface area contributed by atoms with Crippen LogP contribution in [0.4, 0.5) is 0 Å². The average Bonchev–Trinajstić information content (AvgIpc) is 3.44. The maximum absolute atomic E-state index is 13.8. The first kappa shape index (κ1) is 22.8. The quantitative estimate of drug-likeness (QED) is 0.361. The third-order valence-corrected chi connectivity index (χ3v) is 6.16. The number of hydrogen-bond donors (Lipinski definition) is 1. The van der Waals surface area contributed by atoms with E-state index in [2.05, 4.69) is 15.1 Å². The fourth-order valence-electron chi connectivity index (χ4n) is 4.13. The maximum Gasteiger partial charge on any atom is 0.264 e. The highest BCUT2D eigenvalue weighted by Crippen LogP contribution is 2.35. The summed E-state index contributed by atoms with van der Waals surface area (Å²) in [6.45, 7) is 2.72. The number of hydrogen-bond acceptors (Lipinski definition) is 6. The minimum atomic E-state index is -0.276. The molecule has 2 aromatic carbocycles. The summed E-state index contributed by atoms with van der Waals surface area (Å²) in [5, 5.41) is 4.76. The molecule has 3 heterocycles. The van der Waals surface area contributed by atoms with Crippen LogP contribution in [-0.2, 0) is 13.6 Å². The van der Waals surface area contributed by atoms with E-state index in [0.717, 1.165) is 11.3 Å². The van der Waals surface area contributed by atoms with Crippen molar-refractivity contribution in [2.24, 2.45) is 7.05 Å². The number of aromatic amines is 1. The summed E-state index contributed by atoms with van der Waals surface area (Å²) in [6, 6.07) is 11.1. The summed E-state index contributed by atoms with van der Waals surface area (Å²) in [5.41, 5.74) is 3.38. The van der Waals surface area contributed by atoms with Crippen LogP contribution in [0.3, 0.4) is 0 Å². The van der Waals surface area contributed by atoms with Gasteiger partial charge in [0.05, 0.1) is 48.9 Å². The standard InChI is InChI=1S/C25H24ClN5O4/c1-5-35-20-11-17-16(10-19(20)34-4)27-24(28-17)21-22(26)23-18(13-30(2)29-23)31(25(21)32)12-14-6-8-15(33-3)9-7-14/h6-11,13H,5,12H2,1-4H3,(H,27,28). The molecule has 0 aliphatic rings. The molecule has 0 amide bonds. The van der Waals surface area contributed by atoms with Gasteiger partial charge in [-0.2, -0.15) is 5.10 Å². The van der Waals surface area contributed by atoms with Crippen LogP contribution in [0.5, 0.6) is 17.2 Å². The van der Waals surface area contributed by atoms with Crippen molar-refractivity contribution in [3.8, 4) is 28.6 Å². The van der Waals surface area contributed by atoms with Crippen LogP contribution in [-0.4, -0.2) is 45.1 Å². The number of methoxy groups -OCH3 is 2. The Hall–Kier alpha value is -3.98. The number of pyridine rings is 1. The predicted octanol–water partition coefficient (Wildman–Crippen LogP) is 4.40. The highest BCUT2D eigenvalue weighted by molar-refractivity contribution is 6.37. The summed E-state index contributed by atoms with van der Waals surface area (Å²) in [6.07, 6.45) is 1.79. The fraction of sp³-hybridized carbons (Fsp3) is 0.240. The topological polar surface area (TPSA) is 96.2 Å². The lowest BCUT2D eigenvalue weighted by atomic mass is 10.2. The highest BCUT2D eigenvalue weighted by atomic mass is 35.5. The Morgan fingerprint density at radius 3 is 2.54 bits per heavy atom. The zero-order valence-electron chi connectivity index (χ0n) is 19.8. The Labute approximate surface area is 205 Å². The van der Waals surface area contributed by atoms with Crippen LogP contribution in [0.2, 0.25) is 5.02 Å². The molecular formula is C25H24ClN5O4. The molecule has 0 radical (unpaired) electrons. The van der Waals surface area contributed by atoms with E-state index in [4.69, 9.17) is 25.8 Å². The van der Waals surface area contributed by atoms with Crippen molar-refractivity contribution in [2.75, 3.05) is 20.8 Å². The maximum atomic E-state index is 13.8. The summed E-state index contributed by atoms with van der Waals surface area (Å²) >= 11 is 6.76. The van der Waals surface area contributed by atoms with Gasteiger partial charge in [0, 0.05) is 25.4 Å². The van der Waals surface area contributed by atoms with E-state index in [1.165, 1.54) is 0 Å². The number of benzene rings is 2. The van der Waals surface area contributed by atoms with Gasteiger partial charge < -0.3 is 23.8 Å². The van der Waals surface area contributed by atoms with E-state index in [0.29, 0.717) is 52.5 Å². The minimum Gasteiger partial charge on any atom is -0.497 e. The van der Waals surface area contributed by atoms with Crippen molar-refractivity contribution < 1.29 is 14.2 Å². The first-order valence-electron chi connectivity index (χ1n) is 11.0. The molecule has 0 atom stereocenters. The van der Waals surface area contributed by atoms with Gasteiger partial charge in [0.15, 0.2) is 11.5 Å². The molecule has 180 valence electrons. The zero-order chi connectivity index (χ0) is 24.7. The third-order valence-electron chi connectivity index (χ3n) is 5.79.